The minimum Gasteiger partial charge on any atom is -0.462 e. The molecule has 2 saturated carbocycles. The first kappa shape index (κ1) is 11.4. The first-order chi connectivity index (χ1) is 7.58. The van der Waals surface area contributed by atoms with Crippen LogP contribution >= 0.6 is 0 Å². The molecule has 4 atom stereocenters. The van der Waals surface area contributed by atoms with Crippen molar-refractivity contribution in [3.63, 3.8) is 0 Å². The summed E-state index contributed by atoms with van der Waals surface area (Å²) in [6.07, 6.45) is 3.91. The van der Waals surface area contributed by atoms with Crippen LogP contribution in [-0.4, -0.2) is 24.1 Å². The maximum atomic E-state index is 10.9. The Kier molecular flexibility index (Phi) is 3.17. The highest BCUT2D eigenvalue weighted by Crippen LogP contribution is 2.46. The van der Waals surface area contributed by atoms with Crippen molar-refractivity contribution in [2.45, 2.75) is 51.7 Å². The van der Waals surface area contributed by atoms with Crippen LogP contribution in [0.3, 0.4) is 0 Å². The molecule has 0 aromatic carbocycles. The van der Waals surface area contributed by atoms with Gasteiger partial charge in [-0.15, -0.1) is 0 Å². The molecule has 0 spiro atoms. The van der Waals surface area contributed by atoms with Gasteiger partial charge in [-0.2, -0.15) is 0 Å². The van der Waals surface area contributed by atoms with Crippen LogP contribution in [0.1, 0.15) is 39.5 Å². The maximum absolute atomic E-state index is 10.9. The first-order valence-corrected chi connectivity index (χ1v) is 5.92. The van der Waals surface area contributed by atoms with E-state index in [1.54, 1.807) is 0 Å². The summed E-state index contributed by atoms with van der Waals surface area (Å²) in [4.78, 5) is 21.9. The number of ether oxygens (including phenoxy) is 2. The van der Waals surface area contributed by atoms with E-state index < -0.39 is 0 Å². The first-order valence-electron chi connectivity index (χ1n) is 5.92. The molecule has 0 N–H and O–H groups in total. The van der Waals surface area contributed by atoms with Gasteiger partial charge < -0.3 is 9.47 Å². The van der Waals surface area contributed by atoms with Crippen LogP contribution in [0.15, 0.2) is 0 Å². The fourth-order valence-corrected chi connectivity index (χ4v) is 3.21. The summed E-state index contributed by atoms with van der Waals surface area (Å²) < 4.78 is 10.6. The fraction of sp³-hybridized carbons (Fsp3) is 0.833. The van der Waals surface area contributed by atoms with Crippen LogP contribution in [0.5, 0.6) is 0 Å². The zero-order chi connectivity index (χ0) is 11.7. The highest BCUT2D eigenvalue weighted by molar-refractivity contribution is 5.66. The van der Waals surface area contributed by atoms with E-state index in [1.807, 2.05) is 0 Å². The van der Waals surface area contributed by atoms with Crippen LogP contribution in [0.2, 0.25) is 0 Å². The topological polar surface area (TPSA) is 52.6 Å². The normalized spacial score (nSPS) is 36.9. The average molecular weight is 226 g/mol. The number of carbonyl (C=O) groups is 2. The molecule has 2 fully saturated rings. The Morgan fingerprint density at radius 3 is 1.50 bits per heavy atom. The van der Waals surface area contributed by atoms with Crippen molar-refractivity contribution in [2.75, 3.05) is 0 Å². The van der Waals surface area contributed by atoms with Gasteiger partial charge in [-0.05, 0) is 25.7 Å². The molecular weight excluding hydrogens is 208 g/mol. The third kappa shape index (κ3) is 2.20. The van der Waals surface area contributed by atoms with E-state index >= 15 is 0 Å². The molecule has 0 bridgehead atoms. The quantitative estimate of drug-likeness (QED) is 0.672. The van der Waals surface area contributed by atoms with Gasteiger partial charge in [0.25, 0.3) is 0 Å². The van der Waals surface area contributed by atoms with E-state index in [2.05, 4.69) is 0 Å². The Morgan fingerprint density at radius 1 is 0.812 bits per heavy atom. The average Bonchev–Trinajstić information content (AvgIpc) is 2.70. The zero-order valence-corrected chi connectivity index (χ0v) is 9.77. The van der Waals surface area contributed by atoms with Gasteiger partial charge in [-0.1, -0.05) is 0 Å². The molecule has 0 aromatic heterocycles. The molecule has 0 amide bonds. The van der Waals surface area contributed by atoms with E-state index in [-0.39, 0.29) is 24.1 Å². The second kappa shape index (κ2) is 4.44. The van der Waals surface area contributed by atoms with Crippen molar-refractivity contribution in [1.82, 2.24) is 0 Å². The molecule has 4 nitrogen and oxygen atoms in total. The van der Waals surface area contributed by atoms with Crippen molar-refractivity contribution >= 4 is 11.9 Å². The maximum Gasteiger partial charge on any atom is 0.302 e. The molecule has 0 radical (unpaired) electrons. The number of esters is 2. The molecule has 16 heavy (non-hydrogen) atoms. The predicted octanol–water partition coefficient (Wildman–Crippen LogP) is 1.67. The molecule has 2 aliphatic rings. The summed E-state index contributed by atoms with van der Waals surface area (Å²) in [5.41, 5.74) is 0. The summed E-state index contributed by atoms with van der Waals surface area (Å²) in [7, 11) is 0. The number of fused-ring (bicyclic) bond motifs is 1. The van der Waals surface area contributed by atoms with E-state index in [0.717, 1.165) is 25.7 Å². The summed E-state index contributed by atoms with van der Waals surface area (Å²) in [5, 5.41) is 0. The van der Waals surface area contributed by atoms with Crippen molar-refractivity contribution in [3.05, 3.63) is 0 Å². The van der Waals surface area contributed by atoms with Gasteiger partial charge in [0.1, 0.15) is 12.2 Å². The number of rotatable bonds is 2. The molecule has 4 heteroatoms. The Balaban J connectivity index is 1.95. The van der Waals surface area contributed by atoms with Crippen molar-refractivity contribution in [1.29, 1.82) is 0 Å². The lowest BCUT2D eigenvalue weighted by Crippen LogP contribution is -2.25. The monoisotopic (exact) mass is 226 g/mol. The number of hydrogen-bond acceptors (Lipinski definition) is 4. The number of hydrogen-bond donors (Lipinski definition) is 0. The molecule has 0 heterocycles. The highest BCUT2D eigenvalue weighted by atomic mass is 16.6. The standard InChI is InChI=1S/C12H18O4/c1-7(13)15-11-5-3-10-9(11)4-6-12(10)16-8(2)14/h9-12H,3-6H2,1-2H3/t9-,10-,11-,12+/m0/s1. The SMILES string of the molecule is CC(=O)O[C@H]1CC[C@H]2[C@@H]1CC[C@H]2OC(C)=O. The van der Waals surface area contributed by atoms with E-state index in [1.165, 1.54) is 13.8 Å². The second-order valence-corrected chi connectivity index (χ2v) is 4.78. The highest BCUT2D eigenvalue weighted by Gasteiger charge is 2.47. The molecule has 2 rings (SSSR count). The van der Waals surface area contributed by atoms with Gasteiger partial charge in [0.2, 0.25) is 0 Å². The van der Waals surface area contributed by atoms with Gasteiger partial charge in [-0.3, -0.25) is 9.59 Å². The minimum atomic E-state index is -0.207. The Hall–Kier alpha value is -1.06. The minimum absolute atomic E-state index is 0.0445. The van der Waals surface area contributed by atoms with Crippen molar-refractivity contribution < 1.29 is 19.1 Å². The summed E-state index contributed by atoms with van der Waals surface area (Å²) in [6, 6.07) is 0. The molecular formula is C12H18O4. The Bertz CT molecular complexity index is 269. The molecule has 0 unspecified atom stereocenters. The van der Waals surface area contributed by atoms with Crippen molar-refractivity contribution in [2.24, 2.45) is 11.8 Å². The van der Waals surface area contributed by atoms with Crippen LogP contribution in [0.4, 0.5) is 0 Å². The summed E-state index contributed by atoms with van der Waals surface area (Å²) >= 11 is 0. The second-order valence-electron chi connectivity index (χ2n) is 4.78. The number of carbonyl (C=O) groups excluding carboxylic acids is 2. The van der Waals surface area contributed by atoms with Gasteiger partial charge in [-0.25, -0.2) is 0 Å². The molecule has 90 valence electrons. The molecule has 0 saturated heterocycles. The van der Waals surface area contributed by atoms with Crippen LogP contribution in [0, 0.1) is 11.8 Å². The summed E-state index contributed by atoms with van der Waals surface area (Å²) in [6.45, 7) is 2.90. The van der Waals surface area contributed by atoms with Crippen LogP contribution in [-0.2, 0) is 19.1 Å². The van der Waals surface area contributed by atoms with E-state index in [9.17, 15) is 9.59 Å². The van der Waals surface area contributed by atoms with Crippen LogP contribution < -0.4 is 0 Å². The summed E-state index contributed by atoms with van der Waals surface area (Å²) in [5.74, 6) is 0.379. The fourth-order valence-electron chi connectivity index (χ4n) is 3.21. The van der Waals surface area contributed by atoms with E-state index in [0.29, 0.717) is 11.8 Å². The van der Waals surface area contributed by atoms with Gasteiger partial charge in [0, 0.05) is 25.7 Å². The van der Waals surface area contributed by atoms with Gasteiger partial charge in [0.15, 0.2) is 0 Å². The van der Waals surface area contributed by atoms with Gasteiger partial charge >= 0.3 is 11.9 Å². The zero-order valence-electron chi connectivity index (χ0n) is 9.77. The smallest absolute Gasteiger partial charge is 0.302 e. The third-order valence-corrected chi connectivity index (χ3v) is 3.71. The lowest BCUT2D eigenvalue weighted by molar-refractivity contribution is -0.150. The Morgan fingerprint density at radius 2 is 1.19 bits per heavy atom. The Labute approximate surface area is 95.3 Å². The van der Waals surface area contributed by atoms with Gasteiger partial charge in [0.05, 0.1) is 0 Å². The molecule has 0 aromatic rings. The largest absolute Gasteiger partial charge is 0.462 e. The molecule has 0 aliphatic heterocycles. The third-order valence-electron chi connectivity index (χ3n) is 3.71. The predicted molar refractivity (Wildman–Crippen MR) is 56.6 cm³/mol. The van der Waals surface area contributed by atoms with Crippen molar-refractivity contribution in [3.8, 4) is 0 Å². The van der Waals surface area contributed by atoms with Crippen LogP contribution in [0.25, 0.3) is 0 Å². The van der Waals surface area contributed by atoms with E-state index in [4.69, 9.17) is 9.47 Å². The lowest BCUT2D eigenvalue weighted by atomic mass is 9.98. The molecule has 2 aliphatic carbocycles. The lowest BCUT2D eigenvalue weighted by Gasteiger charge is -2.20.